The molecule has 0 bridgehead atoms. The van der Waals surface area contributed by atoms with Gasteiger partial charge in [0.25, 0.3) is 0 Å². The maximum absolute atomic E-state index is 12.4. The van der Waals surface area contributed by atoms with E-state index < -0.39 is 0 Å². The van der Waals surface area contributed by atoms with Crippen molar-refractivity contribution in [1.82, 2.24) is 0 Å². The second kappa shape index (κ2) is 7.03. The van der Waals surface area contributed by atoms with Crippen LogP contribution in [0.4, 0.5) is 0 Å². The number of furan rings is 1. The molecule has 0 unspecified atom stereocenters. The molecule has 3 rings (SSSR count). The Balaban J connectivity index is 1.91. The summed E-state index contributed by atoms with van der Waals surface area (Å²) in [7, 11) is 3.01. The zero-order chi connectivity index (χ0) is 18.0. The summed E-state index contributed by atoms with van der Waals surface area (Å²) >= 11 is 3.35. The minimum Gasteiger partial charge on any atom is -0.504 e. The summed E-state index contributed by atoms with van der Waals surface area (Å²) in [6.45, 7) is 0. The van der Waals surface area contributed by atoms with Crippen molar-refractivity contribution in [1.29, 1.82) is 0 Å². The number of fused-ring (bicyclic) bond motifs is 1. The normalized spacial score (nSPS) is 11.2. The van der Waals surface area contributed by atoms with Crippen molar-refractivity contribution in [3.05, 3.63) is 58.3 Å². The fourth-order valence-corrected chi connectivity index (χ4v) is 2.88. The van der Waals surface area contributed by atoms with Crippen molar-refractivity contribution in [3.63, 3.8) is 0 Å². The molecule has 1 N–H and O–H groups in total. The van der Waals surface area contributed by atoms with Crippen molar-refractivity contribution in [3.8, 4) is 17.2 Å². The molecule has 0 radical (unpaired) electrons. The van der Waals surface area contributed by atoms with Gasteiger partial charge < -0.3 is 19.0 Å². The third-order valence-electron chi connectivity index (χ3n) is 3.68. The van der Waals surface area contributed by atoms with Crippen LogP contribution in [0.3, 0.4) is 0 Å². The number of hydrogen-bond acceptors (Lipinski definition) is 5. The topological polar surface area (TPSA) is 68.9 Å². The molecule has 0 atom stereocenters. The van der Waals surface area contributed by atoms with Gasteiger partial charge in [-0.1, -0.05) is 28.1 Å². The molecule has 0 aliphatic carbocycles. The predicted molar refractivity (Wildman–Crippen MR) is 98.5 cm³/mol. The van der Waals surface area contributed by atoms with Crippen molar-refractivity contribution < 1.29 is 23.8 Å². The van der Waals surface area contributed by atoms with E-state index in [9.17, 15) is 9.90 Å². The van der Waals surface area contributed by atoms with Gasteiger partial charge in [0.1, 0.15) is 0 Å². The zero-order valence-electron chi connectivity index (χ0n) is 13.6. The molecule has 0 saturated carbocycles. The van der Waals surface area contributed by atoms with E-state index in [4.69, 9.17) is 13.9 Å². The van der Waals surface area contributed by atoms with Crippen LogP contribution in [-0.4, -0.2) is 25.1 Å². The van der Waals surface area contributed by atoms with Crippen LogP contribution in [0.25, 0.3) is 17.0 Å². The lowest BCUT2D eigenvalue weighted by Crippen LogP contribution is -1.91. The number of ether oxygens (including phenoxy) is 2. The first kappa shape index (κ1) is 17.1. The number of hydrogen-bond donors (Lipinski definition) is 1. The first-order valence-electron chi connectivity index (χ1n) is 7.39. The van der Waals surface area contributed by atoms with Crippen LogP contribution in [0, 0.1) is 0 Å². The van der Waals surface area contributed by atoms with E-state index in [1.807, 2.05) is 12.1 Å². The lowest BCUT2D eigenvalue weighted by molar-refractivity contribution is 0.102. The summed E-state index contributed by atoms with van der Waals surface area (Å²) in [5.41, 5.74) is 1.23. The summed E-state index contributed by atoms with van der Waals surface area (Å²) in [5, 5.41) is 10.5. The molecule has 2 aromatic carbocycles. The number of benzene rings is 2. The number of ketones is 1. The predicted octanol–water partition coefficient (Wildman–Crippen LogP) is 4.81. The molecule has 0 spiro atoms. The van der Waals surface area contributed by atoms with Gasteiger partial charge >= 0.3 is 0 Å². The number of rotatable bonds is 5. The Bertz CT molecular complexity index is 971. The SMILES string of the molecule is COc1cc(C=CC(=O)c2cc3cccc(OC)c3o2)c(Br)cc1O. The third-order valence-corrected chi connectivity index (χ3v) is 4.37. The second-order valence-corrected chi connectivity index (χ2v) is 6.09. The van der Waals surface area contributed by atoms with Gasteiger partial charge in [0.15, 0.2) is 28.6 Å². The third kappa shape index (κ3) is 3.39. The van der Waals surface area contributed by atoms with Crippen LogP contribution in [0.15, 0.2) is 51.4 Å². The van der Waals surface area contributed by atoms with E-state index in [1.165, 1.54) is 19.3 Å². The Hall–Kier alpha value is -2.73. The van der Waals surface area contributed by atoms with Crippen LogP contribution >= 0.6 is 15.9 Å². The molecule has 0 fully saturated rings. The van der Waals surface area contributed by atoms with E-state index in [1.54, 1.807) is 31.4 Å². The van der Waals surface area contributed by atoms with Crippen LogP contribution < -0.4 is 9.47 Å². The smallest absolute Gasteiger partial charge is 0.221 e. The minimum atomic E-state index is -0.280. The van der Waals surface area contributed by atoms with Crippen LogP contribution in [0.5, 0.6) is 17.2 Å². The highest BCUT2D eigenvalue weighted by Gasteiger charge is 2.13. The molecule has 128 valence electrons. The van der Waals surface area contributed by atoms with Gasteiger partial charge in [-0.05, 0) is 42.0 Å². The summed E-state index contributed by atoms with van der Waals surface area (Å²) in [6.07, 6.45) is 3.03. The quantitative estimate of drug-likeness (QED) is 0.489. The molecule has 6 heteroatoms. The second-order valence-electron chi connectivity index (χ2n) is 5.23. The molecule has 0 aliphatic heterocycles. The average Bonchev–Trinajstić information content (AvgIpc) is 3.05. The van der Waals surface area contributed by atoms with E-state index in [-0.39, 0.29) is 17.3 Å². The molecular formula is C19H15BrO5. The van der Waals surface area contributed by atoms with Crippen LogP contribution in [0.1, 0.15) is 16.1 Å². The molecule has 1 heterocycles. The summed E-state index contributed by atoms with van der Waals surface area (Å²) in [5.74, 6) is 0.854. The zero-order valence-corrected chi connectivity index (χ0v) is 15.2. The van der Waals surface area contributed by atoms with Crippen molar-refractivity contribution in [2.75, 3.05) is 14.2 Å². The van der Waals surface area contributed by atoms with Gasteiger partial charge in [-0.15, -0.1) is 0 Å². The lowest BCUT2D eigenvalue weighted by atomic mass is 10.1. The summed E-state index contributed by atoms with van der Waals surface area (Å²) in [4.78, 5) is 12.4. The van der Waals surface area contributed by atoms with Gasteiger partial charge in [-0.2, -0.15) is 0 Å². The number of halogens is 1. The molecule has 3 aromatic rings. The fraction of sp³-hybridized carbons (Fsp3) is 0.105. The van der Waals surface area contributed by atoms with Crippen molar-refractivity contribution in [2.45, 2.75) is 0 Å². The Kier molecular flexibility index (Phi) is 4.81. The highest BCUT2D eigenvalue weighted by molar-refractivity contribution is 9.10. The first-order chi connectivity index (χ1) is 12.0. The van der Waals surface area contributed by atoms with Crippen LogP contribution in [-0.2, 0) is 0 Å². The minimum absolute atomic E-state index is 0.0160. The number of carbonyl (C=O) groups is 1. The standard InChI is InChI=1S/C19H15BrO5/c1-23-16-5-3-4-12-9-18(25-19(12)16)14(21)7-6-11-8-17(24-2)15(22)10-13(11)20/h3-10,22H,1-2H3. The molecule has 0 aliphatic rings. The number of aromatic hydroxyl groups is 1. The number of allylic oxidation sites excluding steroid dienone is 1. The van der Waals surface area contributed by atoms with Gasteiger partial charge in [-0.25, -0.2) is 0 Å². The van der Waals surface area contributed by atoms with Crippen LogP contribution in [0.2, 0.25) is 0 Å². The summed E-state index contributed by atoms with van der Waals surface area (Å²) in [6, 6.07) is 10.3. The largest absolute Gasteiger partial charge is 0.504 e. The van der Waals surface area contributed by atoms with Gasteiger partial charge in [0.2, 0.25) is 5.78 Å². The Labute approximate surface area is 152 Å². The number of phenolic OH excluding ortho intramolecular Hbond substituents is 1. The maximum Gasteiger partial charge on any atom is 0.221 e. The summed E-state index contributed by atoms with van der Waals surface area (Å²) < 4.78 is 16.6. The van der Waals surface area contributed by atoms with Gasteiger partial charge in [0, 0.05) is 9.86 Å². The molecular weight excluding hydrogens is 388 g/mol. The highest BCUT2D eigenvalue weighted by atomic mass is 79.9. The van der Waals surface area contributed by atoms with E-state index in [2.05, 4.69) is 15.9 Å². The fourth-order valence-electron chi connectivity index (χ4n) is 2.42. The first-order valence-corrected chi connectivity index (χ1v) is 8.18. The Morgan fingerprint density at radius 1 is 1.16 bits per heavy atom. The monoisotopic (exact) mass is 402 g/mol. The van der Waals surface area contributed by atoms with Crippen molar-refractivity contribution >= 4 is 38.8 Å². The lowest BCUT2D eigenvalue weighted by Gasteiger charge is -2.06. The van der Waals surface area contributed by atoms with E-state index >= 15 is 0 Å². The molecule has 25 heavy (non-hydrogen) atoms. The Morgan fingerprint density at radius 2 is 1.92 bits per heavy atom. The maximum atomic E-state index is 12.4. The number of carbonyl (C=O) groups excluding carboxylic acids is 1. The van der Waals surface area contributed by atoms with Gasteiger partial charge in [-0.3, -0.25) is 4.79 Å². The number of para-hydroxylation sites is 1. The molecule has 5 nitrogen and oxygen atoms in total. The van der Waals surface area contributed by atoms with Gasteiger partial charge in [0.05, 0.1) is 14.2 Å². The number of methoxy groups -OCH3 is 2. The van der Waals surface area contributed by atoms with E-state index in [0.717, 1.165) is 5.39 Å². The molecule has 1 aromatic heterocycles. The number of phenols is 1. The highest BCUT2D eigenvalue weighted by Crippen LogP contribution is 2.33. The Morgan fingerprint density at radius 3 is 2.64 bits per heavy atom. The molecule has 0 saturated heterocycles. The van der Waals surface area contributed by atoms with E-state index in [0.29, 0.717) is 27.1 Å². The molecule has 0 amide bonds. The van der Waals surface area contributed by atoms with Crippen molar-refractivity contribution in [2.24, 2.45) is 0 Å². The average molecular weight is 403 g/mol.